The van der Waals surface area contributed by atoms with E-state index >= 15 is 0 Å². The van der Waals surface area contributed by atoms with Gasteiger partial charge in [0.2, 0.25) is 10.0 Å². The number of halogens is 1. The van der Waals surface area contributed by atoms with Gasteiger partial charge in [-0.2, -0.15) is 4.31 Å². The fourth-order valence-corrected chi connectivity index (χ4v) is 6.08. The Bertz CT molecular complexity index is 1250. The van der Waals surface area contributed by atoms with Gasteiger partial charge in [0.15, 0.2) is 0 Å². The van der Waals surface area contributed by atoms with Gasteiger partial charge in [-0.05, 0) is 62.2 Å². The van der Waals surface area contributed by atoms with Crippen LogP contribution in [0.5, 0.6) is 5.75 Å². The molecule has 0 radical (unpaired) electrons. The number of amides is 1. The van der Waals surface area contributed by atoms with Crippen molar-refractivity contribution in [2.75, 3.05) is 25.1 Å². The molecule has 0 spiro atoms. The van der Waals surface area contributed by atoms with E-state index in [1.807, 2.05) is 12.3 Å². The van der Waals surface area contributed by atoms with E-state index in [0.717, 1.165) is 17.8 Å². The average molecular weight is 490 g/mol. The molecule has 2 aromatic carbocycles. The predicted octanol–water partition coefficient (Wildman–Crippen LogP) is 4.23. The highest BCUT2D eigenvalue weighted by Gasteiger charge is 2.31. The molecule has 1 fully saturated rings. The lowest BCUT2D eigenvalue weighted by Gasteiger charge is -2.23. The minimum absolute atomic E-state index is 0.0405. The van der Waals surface area contributed by atoms with Crippen molar-refractivity contribution in [3.63, 3.8) is 0 Å². The Balaban J connectivity index is 1.74. The minimum Gasteiger partial charge on any atom is -0.495 e. The smallest absolute Gasteiger partial charge is 0.258 e. The Morgan fingerprint density at radius 1 is 1.18 bits per heavy atom. The topological polar surface area (TPSA) is 79.8 Å². The van der Waals surface area contributed by atoms with E-state index in [1.165, 1.54) is 70.1 Å². The van der Waals surface area contributed by atoms with Gasteiger partial charge in [0.25, 0.3) is 5.91 Å². The summed E-state index contributed by atoms with van der Waals surface area (Å²) in [5, 5.41) is 2.72. The Labute approximate surface area is 196 Å². The van der Waals surface area contributed by atoms with E-state index in [0.29, 0.717) is 24.5 Å². The predicted molar refractivity (Wildman–Crippen MR) is 125 cm³/mol. The van der Waals surface area contributed by atoms with E-state index in [-0.39, 0.29) is 22.8 Å². The van der Waals surface area contributed by atoms with Crippen molar-refractivity contribution in [3.8, 4) is 5.75 Å². The van der Waals surface area contributed by atoms with E-state index in [2.05, 4.69) is 4.98 Å². The lowest BCUT2D eigenvalue weighted by Crippen LogP contribution is -2.31. The second kappa shape index (κ2) is 9.58. The van der Waals surface area contributed by atoms with Gasteiger partial charge in [0, 0.05) is 29.7 Å². The van der Waals surface area contributed by atoms with Crippen LogP contribution in [0.4, 0.5) is 10.1 Å². The first kappa shape index (κ1) is 23.3. The second-order valence-corrected chi connectivity index (χ2v) is 10.7. The zero-order chi connectivity index (χ0) is 23.6. The minimum atomic E-state index is -3.81. The molecule has 3 aromatic rings. The molecule has 174 valence electrons. The van der Waals surface area contributed by atoms with Crippen molar-refractivity contribution in [2.24, 2.45) is 0 Å². The summed E-state index contributed by atoms with van der Waals surface area (Å²) in [6.07, 6.45) is 1.59. The first-order valence-electron chi connectivity index (χ1n) is 10.5. The third-order valence-corrected chi connectivity index (χ3v) is 8.21. The number of thiazole rings is 1. The fourth-order valence-electron chi connectivity index (χ4n) is 3.78. The number of hydrogen-bond acceptors (Lipinski definition) is 6. The summed E-state index contributed by atoms with van der Waals surface area (Å²) in [6, 6.07) is 9.96. The lowest BCUT2D eigenvalue weighted by molar-refractivity contribution is 0.0984. The zero-order valence-corrected chi connectivity index (χ0v) is 20.0. The van der Waals surface area contributed by atoms with Gasteiger partial charge in [0.1, 0.15) is 16.5 Å². The third kappa shape index (κ3) is 4.92. The van der Waals surface area contributed by atoms with Crippen LogP contribution in [0.25, 0.3) is 0 Å². The number of anilines is 1. The number of rotatable bonds is 7. The van der Waals surface area contributed by atoms with Gasteiger partial charge in [-0.25, -0.2) is 17.8 Å². The average Bonchev–Trinajstić information content (AvgIpc) is 3.50. The van der Waals surface area contributed by atoms with Crippen molar-refractivity contribution in [1.82, 2.24) is 9.29 Å². The van der Waals surface area contributed by atoms with Crippen LogP contribution in [-0.2, 0) is 16.6 Å². The van der Waals surface area contributed by atoms with Crippen LogP contribution < -0.4 is 9.64 Å². The van der Waals surface area contributed by atoms with Crippen molar-refractivity contribution < 1.29 is 22.3 Å². The molecule has 10 heteroatoms. The number of benzene rings is 2. The molecule has 0 bridgehead atoms. The maximum atomic E-state index is 13.6. The third-order valence-electron chi connectivity index (χ3n) is 5.46. The number of hydrogen-bond donors (Lipinski definition) is 0. The zero-order valence-electron chi connectivity index (χ0n) is 18.3. The van der Waals surface area contributed by atoms with Crippen molar-refractivity contribution in [3.05, 3.63) is 69.9 Å². The van der Waals surface area contributed by atoms with Gasteiger partial charge < -0.3 is 9.64 Å². The number of sulfonamides is 1. The Morgan fingerprint density at radius 2 is 1.88 bits per heavy atom. The first-order chi connectivity index (χ1) is 15.8. The maximum Gasteiger partial charge on any atom is 0.258 e. The molecule has 33 heavy (non-hydrogen) atoms. The van der Waals surface area contributed by atoms with Crippen LogP contribution in [0.15, 0.2) is 52.7 Å². The number of carbonyl (C=O) groups is 1. The molecular formula is C23H24FN3O4S2. The van der Waals surface area contributed by atoms with Gasteiger partial charge in [-0.15, -0.1) is 11.3 Å². The summed E-state index contributed by atoms with van der Waals surface area (Å²) in [5.41, 5.74) is 1.35. The second-order valence-electron chi connectivity index (χ2n) is 7.70. The number of nitrogens with zero attached hydrogens (tertiary/aromatic N) is 3. The molecule has 7 nitrogen and oxygen atoms in total. The number of aromatic nitrogens is 1. The van der Waals surface area contributed by atoms with E-state index in [9.17, 15) is 17.6 Å². The normalized spacial score (nSPS) is 14.4. The van der Waals surface area contributed by atoms with Crippen LogP contribution in [0.2, 0.25) is 0 Å². The van der Waals surface area contributed by atoms with Gasteiger partial charge >= 0.3 is 0 Å². The molecule has 1 amide bonds. The van der Waals surface area contributed by atoms with Gasteiger partial charge in [0.05, 0.1) is 24.4 Å². The summed E-state index contributed by atoms with van der Waals surface area (Å²) in [4.78, 5) is 19.5. The van der Waals surface area contributed by atoms with Gasteiger partial charge in [-0.3, -0.25) is 4.79 Å². The van der Waals surface area contributed by atoms with Crippen LogP contribution in [-0.4, -0.2) is 43.8 Å². The lowest BCUT2D eigenvalue weighted by atomic mass is 10.1. The monoisotopic (exact) mass is 489 g/mol. The van der Waals surface area contributed by atoms with Gasteiger partial charge in [-0.1, -0.05) is 0 Å². The molecule has 1 aliphatic rings. The Hall–Kier alpha value is -2.82. The van der Waals surface area contributed by atoms with E-state index in [1.54, 1.807) is 0 Å². The van der Waals surface area contributed by atoms with E-state index < -0.39 is 21.7 Å². The summed E-state index contributed by atoms with van der Waals surface area (Å²) in [6.45, 7) is 2.91. The molecular weight excluding hydrogens is 465 g/mol. The highest BCUT2D eigenvalue weighted by molar-refractivity contribution is 7.89. The quantitative estimate of drug-likeness (QED) is 0.496. The molecule has 0 N–H and O–H groups in total. The summed E-state index contributed by atoms with van der Waals surface area (Å²) in [5.74, 6) is -0.659. The number of ether oxygens (including phenoxy) is 1. The molecule has 1 saturated heterocycles. The highest BCUT2D eigenvalue weighted by atomic mass is 32.2. The molecule has 1 aromatic heterocycles. The molecule has 0 aliphatic carbocycles. The van der Waals surface area contributed by atoms with Crippen LogP contribution >= 0.6 is 11.3 Å². The number of carbonyl (C=O) groups excluding carboxylic acids is 1. The molecule has 0 atom stereocenters. The van der Waals surface area contributed by atoms with Crippen LogP contribution in [0, 0.1) is 12.7 Å². The highest BCUT2D eigenvalue weighted by Crippen LogP contribution is 2.31. The SMILES string of the molecule is COc1ccc(C(=O)N(Cc2csc(C)n2)c2ccc(F)cc2)cc1S(=O)(=O)N1CCCC1. The summed E-state index contributed by atoms with van der Waals surface area (Å²) in [7, 11) is -2.41. The molecule has 0 unspecified atom stereocenters. The summed E-state index contributed by atoms with van der Waals surface area (Å²) < 4.78 is 46.7. The van der Waals surface area contributed by atoms with Crippen molar-refractivity contribution >= 4 is 33.0 Å². The Morgan fingerprint density at radius 3 is 2.48 bits per heavy atom. The van der Waals surface area contributed by atoms with Crippen molar-refractivity contribution in [2.45, 2.75) is 31.2 Å². The Kier molecular flexibility index (Phi) is 6.78. The molecule has 1 aliphatic heterocycles. The molecule has 4 rings (SSSR count). The van der Waals surface area contributed by atoms with Crippen LogP contribution in [0.1, 0.15) is 33.9 Å². The van der Waals surface area contributed by atoms with E-state index in [4.69, 9.17) is 4.74 Å². The maximum absolute atomic E-state index is 13.6. The van der Waals surface area contributed by atoms with Crippen molar-refractivity contribution in [1.29, 1.82) is 0 Å². The first-order valence-corrected chi connectivity index (χ1v) is 12.8. The number of aryl methyl sites for hydroxylation is 1. The number of methoxy groups -OCH3 is 1. The summed E-state index contributed by atoms with van der Waals surface area (Å²) >= 11 is 1.47. The van der Waals surface area contributed by atoms with Crippen LogP contribution in [0.3, 0.4) is 0 Å². The fraction of sp³-hybridized carbons (Fsp3) is 0.304. The largest absolute Gasteiger partial charge is 0.495 e. The molecule has 2 heterocycles. The standard InChI is InChI=1S/C23H24FN3O4S2/c1-16-25-19(15-32-16)14-27(20-8-6-18(24)7-9-20)23(28)17-5-10-21(31-2)22(13-17)33(29,30)26-11-3-4-12-26/h5-10,13,15H,3-4,11-12,14H2,1-2H3. The molecule has 0 saturated carbocycles.